The molecule has 0 fully saturated rings. The molecule has 16 heavy (non-hydrogen) atoms. The van der Waals surface area contributed by atoms with Crippen molar-refractivity contribution >= 4 is 22.3 Å². The van der Waals surface area contributed by atoms with Crippen molar-refractivity contribution < 1.29 is 18.1 Å². The van der Waals surface area contributed by atoms with Gasteiger partial charge >= 0.3 is 0 Å². The highest BCUT2D eigenvalue weighted by Crippen LogP contribution is 2.16. The third kappa shape index (κ3) is 3.02. The van der Waals surface area contributed by atoms with Gasteiger partial charge in [0.05, 0.1) is 4.92 Å². The van der Waals surface area contributed by atoms with Gasteiger partial charge in [-0.25, -0.2) is 8.42 Å². The van der Waals surface area contributed by atoms with Gasteiger partial charge in [0.2, 0.25) is 0 Å². The van der Waals surface area contributed by atoms with Gasteiger partial charge in [-0.15, -0.1) is 0 Å². The number of carbonyl (C=O) groups excluding carboxylic acids is 1. The molecule has 0 unspecified atom stereocenters. The van der Waals surface area contributed by atoms with E-state index < -0.39 is 27.4 Å². The molecule has 0 heterocycles. The maximum atomic E-state index is 11.4. The standard InChI is InChI=1S/C8H8N2O5S/c11-8(9-5-16(14)15)6-3-1-2-4-7(6)10(12)13/h1-4,16H,5H2,(H,9,11). The first-order chi connectivity index (χ1) is 7.52. The first kappa shape index (κ1) is 12.1. The Kier molecular flexibility index (Phi) is 3.95. The van der Waals surface area contributed by atoms with Gasteiger partial charge in [0.15, 0.2) is 10.7 Å². The van der Waals surface area contributed by atoms with E-state index in [1.165, 1.54) is 24.3 Å². The zero-order valence-corrected chi connectivity index (χ0v) is 8.85. The van der Waals surface area contributed by atoms with Crippen molar-refractivity contribution in [2.24, 2.45) is 0 Å². The van der Waals surface area contributed by atoms with Crippen molar-refractivity contribution in [3.63, 3.8) is 0 Å². The molecule has 0 aliphatic heterocycles. The second-order valence-electron chi connectivity index (χ2n) is 2.77. The van der Waals surface area contributed by atoms with Crippen LogP contribution in [0.15, 0.2) is 24.3 Å². The van der Waals surface area contributed by atoms with E-state index in [1.54, 1.807) is 0 Å². The molecule has 0 atom stereocenters. The Morgan fingerprint density at radius 3 is 2.56 bits per heavy atom. The Hall–Kier alpha value is -1.96. The van der Waals surface area contributed by atoms with Gasteiger partial charge in [-0.2, -0.15) is 0 Å². The maximum Gasteiger partial charge on any atom is 0.282 e. The number of hydrogen-bond donors (Lipinski definition) is 2. The lowest BCUT2D eigenvalue weighted by atomic mass is 10.2. The van der Waals surface area contributed by atoms with Crippen LogP contribution >= 0.6 is 0 Å². The summed E-state index contributed by atoms with van der Waals surface area (Å²) in [4.78, 5) is 21.3. The molecule has 0 aliphatic carbocycles. The molecule has 7 nitrogen and oxygen atoms in total. The number of nitro groups is 1. The number of rotatable bonds is 4. The average Bonchev–Trinajstić information content (AvgIpc) is 2.25. The normalized spacial score (nSPS) is 10.1. The Bertz CT molecular complexity index is 489. The van der Waals surface area contributed by atoms with Crippen LogP contribution < -0.4 is 5.32 Å². The average molecular weight is 244 g/mol. The Balaban J connectivity index is 2.94. The number of nitrogens with zero attached hydrogens (tertiary/aromatic N) is 1. The van der Waals surface area contributed by atoms with E-state index in [0.29, 0.717) is 0 Å². The Labute approximate surface area is 92.2 Å². The molecule has 1 amide bonds. The van der Waals surface area contributed by atoms with Crippen LogP contribution in [0.2, 0.25) is 0 Å². The van der Waals surface area contributed by atoms with E-state index in [-0.39, 0.29) is 11.3 Å². The molecule has 0 saturated heterocycles. The summed E-state index contributed by atoms with van der Waals surface area (Å²) in [5, 5.41) is 12.6. The van der Waals surface area contributed by atoms with Crippen LogP contribution in [0, 0.1) is 10.1 Å². The number of benzene rings is 1. The van der Waals surface area contributed by atoms with Crippen molar-refractivity contribution in [1.82, 2.24) is 5.32 Å². The van der Waals surface area contributed by atoms with E-state index >= 15 is 0 Å². The van der Waals surface area contributed by atoms with Crippen LogP contribution in [0.5, 0.6) is 0 Å². The molecule has 8 heteroatoms. The molecule has 0 aromatic heterocycles. The monoisotopic (exact) mass is 244 g/mol. The summed E-state index contributed by atoms with van der Waals surface area (Å²) in [5.41, 5.74) is -0.523. The number of amides is 1. The molecular weight excluding hydrogens is 236 g/mol. The summed E-state index contributed by atoms with van der Waals surface area (Å²) < 4.78 is 20.5. The van der Waals surface area contributed by atoms with Crippen LogP contribution in [-0.4, -0.2) is 25.1 Å². The van der Waals surface area contributed by atoms with Crippen molar-refractivity contribution in [2.45, 2.75) is 0 Å². The van der Waals surface area contributed by atoms with Crippen molar-refractivity contribution in [3.05, 3.63) is 39.9 Å². The van der Waals surface area contributed by atoms with Gasteiger partial charge in [0, 0.05) is 6.07 Å². The minimum absolute atomic E-state index is 0.163. The molecule has 1 aromatic rings. The maximum absolute atomic E-state index is 11.4. The topological polar surface area (TPSA) is 106 Å². The fourth-order valence-corrected chi connectivity index (χ4v) is 1.33. The summed E-state index contributed by atoms with van der Waals surface area (Å²) >= 11 is 0. The summed E-state index contributed by atoms with van der Waals surface area (Å²) in [5.74, 6) is -1.33. The highest BCUT2D eigenvalue weighted by atomic mass is 32.2. The molecular formula is C8H8N2O5S. The molecule has 0 bridgehead atoms. The van der Waals surface area contributed by atoms with Gasteiger partial charge in [0.25, 0.3) is 11.6 Å². The second-order valence-corrected chi connectivity index (χ2v) is 3.75. The summed E-state index contributed by atoms with van der Waals surface area (Å²) in [6, 6.07) is 5.31. The zero-order valence-electron chi connectivity index (χ0n) is 7.95. The van der Waals surface area contributed by atoms with Crippen LogP contribution in [0.1, 0.15) is 10.4 Å². The molecule has 1 aromatic carbocycles. The fourth-order valence-electron chi connectivity index (χ4n) is 1.06. The molecule has 0 aliphatic rings. The van der Waals surface area contributed by atoms with Crippen LogP contribution in [0.3, 0.4) is 0 Å². The predicted octanol–water partition coefficient (Wildman–Crippen LogP) is -0.107. The van der Waals surface area contributed by atoms with E-state index in [9.17, 15) is 23.3 Å². The predicted molar refractivity (Wildman–Crippen MR) is 55.7 cm³/mol. The van der Waals surface area contributed by atoms with E-state index in [4.69, 9.17) is 0 Å². The zero-order chi connectivity index (χ0) is 12.1. The highest BCUT2D eigenvalue weighted by molar-refractivity contribution is 7.72. The lowest BCUT2D eigenvalue weighted by molar-refractivity contribution is -0.385. The van der Waals surface area contributed by atoms with Gasteiger partial charge in [-0.3, -0.25) is 14.9 Å². The van der Waals surface area contributed by atoms with Crippen molar-refractivity contribution in [2.75, 3.05) is 5.88 Å². The molecule has 0 saturated carbocycles. The van der Waals surface area contributed by atoms with E-state index in [1.807, 2.05) is 0 Å². The van der Waals surface area contributed by atoms with E-state index in [2.05, 4.69) is 5.32 Å². The summed E-state index contributed by atoms with van der Waals surface area (Å²) in [6.07, 6.45) is 0. The van der Waals surface area contributed by atoms with Crippen LogP contribution in [-0.2, 0) is 10.7 Å². The lowest BCUT2D eigenvalue weighted by Gasteiger charge is -2.01. The number of carbonyl (C=O) groups is 1. The first-order valence-electron chi connectivity index (χ1n) is 4.16. The highest BCUT2D eigenvalue weighted by Gasteiger charge is 2.18. The number of nitro benzene ring substituents is 1. The van der Waals surface area contributed by atoms with Crippen molar-refractivity contribution in [3.8, 4) is 0 Å². The van der Waals surface area contributed by atoms with E-state index in [0.717, 1.165) is 0 Å². The third-order valence-corrected chi connectivity index (χ3v) is 2.13. The largest absolute Gasteiger partial charge is 0.338 e. The Morgan fingerprint density at radius 2 is 2.00 bits per heavy atom. The van der Waals surface area contributed by atoms with Crippen molar-refractivity contribution in [1.29, 1.82) is 0 Å². The quantitative estimate of drug-likeness (QED) is 0.436. The minimum Gasteiger partial charge on any atom is -0.338 e. The molecule has 1 rings (SSSR count). The van der Waals surface area contributed by atoms with Gasteiger partial charge in [-0.05, 0) is 6.07 Å². The number of para-hydroxylation sites is 1. The second kappa shape index (κ2) is 5.21. The smallest absolute Gasteiger partial charge is 0.282 e. The Morgan fingerprint density at radius 1 is 1.38 bits per heavy atom. The SMILES string of the molecule is O=C(NC[SH](=O)=O)c1ccccc1[N+](=O)[O-]. The molecule has 1 N–H and O–H groups in total. The summed E-state index contributed by atoms with van der Waals surface area (Å²) in [6.45, 7) is 0. The third-order valence-electron chi connectivity index (χ3n) is 1.71. The lowest BCUT2D eigenvalue weighted by Crippen LogP contribution is -2.25. The summed E-state index contributed by atoms with van der Waals surface area (Å²) in [7, 11) is -2.75. The minimum atomic E-state index is -2.75. The van der Waals surface area contributed by atoms with Gasteiger partial charge < -0.3 is 5.32 Å². The molecule has 0 radical (unpaired) electrons. The van der Waals surface area contributed by atoms with Gasteiger partial charge in [-0.1, -0.05) is 12.1 Å². The van der Waals surface area contributed by atoms with Crippen LogP contribution in [0.25, 0.3) is 0 Å². The number of thiol groups is 1. The molecule has 0 spiro atoms. The van der Waals surface area contributed by atoms with Crippen LogP contribution in [0.4, 0.5) is 5.69 Å². The molecule has 86 valence electrons. The number of hydrogen-bond acceptors (Lipinski definition) is 5. The first-order valence-corrected chi connectivity index (χ1v) is 5.52. The number of nitrogens with one attached hydrogen (secondary N) is 1. The fraction of sp³-hybridized carbons (Fsp3) is 0.125. The van der Waals surface area contributed by atoms with Gasteiger partial charge in [0.1, 0.15) is 11.4 Å².